The summed E-state index contributed by atoms with van der Waals surface area (Å²) >= 11 is 6.18. The van der Waals surface area contributed by atoms with Crippen molar-refractivity contribution < 1.29 is 4.74 Å². The third-order valence-corrected chi connectivity index (χ3v) is 4.55. The molecule has 1 heterocycles. The van der Waals surface area contributed by atoms with E-state index in [-0.39, 0.29) is 0 Å². The van der Waals surface area contributed by atoms with Gasteiger partial charge in [-0.05, 0) is 49.1 Å². The van der Waals surface area contributed by atoms with Gasteiger partial charge in [0.2, 0.25) is 0 Å². The van der Waals surface area contributed by atoms with E-state index in [1.165, 1.54) is 17.7 Å². The second-order valence-corrected chi connectivity index (χ2v) is 6.37. The molecule has 118 valence electrons. The molecule has 1 aromatic rings. The van der Waals surface area contributed by atoms with Gasteiger partial charge in [-0.2, -0.15) is 0 Å². The number of ether oxygens (including phenoxy) is 1. The Morgan fingerprint density at radius 1 is 1.43 bits per heavy atom. The maximum atomic E-state index is 6.18. The summed E-state index contributed by atoms with van der Waals surface area (Å²) in [6, 6.07) is 6.22. The van der Waals surface area contributed by atoms with Gasteiger partial charge in [-0.3, -0.25) is 0 Å². The number of nitrogens with zero attached hydrogens (tertiary/aromatic N) is 1. The fourth-order valence-corrected chi connectivity index (χ4v) is 3.16. The zero-order valence-electron chi connectivity index (χ0n) is 13.4. The third-order valence-electron chi connectivity index (χ3n) is 4.32. The van der Waals surface area contributed by atoms with Crippen LogP contribution in [0.15, 0.2) is 18.2 Å². The van der Waals surface area contributed by atoms with E-state index in [1.807, 2.05) is 13.2 Å². The van der Waals surface area contributed by atoms with E-state index in [1.54, 1.807) is 0 Å². The van der Waals surface area contributed by atoms with Gasteiger partial charge >= 0.3 is 0 Å². The van der Waals surface area contributed by atoms with Crippen LogP contribution in [-0.2, 0) is 11.3 Å². The molecule has 0 spiro atoms. The van der Waals surface area contributed by atoms with E-state index in [4.69, 9.17) is 16.3 Å². The molecule has 2 unspecified atom stereocenters. The lowest BCUT2D eigenvalue weighted by molar-refractivity contribution is 0.0498. The van der Waals surface area contributed by atoms with Crippen molar-refractivity contribution in [2.75, 3.05) is 31.6 Å². The number of anilines is 1. The lowest BCUT2D eigenvalue weighted by Gasteiger charge is -2.38. The van der Waals surface area contributed by atoms with E-state index in [9.17, 15) is 0 Å². The molecule has 0 radical (unpaired) electrons. The monoisotopic (exact) mass is 310 g/mol. The molecule has 1 fully saturated rings. The summed E-state index contributed by atoms with van der Waals surface area (Å²) in [5.41, 5.74) is 2.57. The number of nitrogens with one attached hydrogen (secondary N) is 1. The maximum absolute atomic E-state index is 6.18. The van der Waals surface area contributed by atoms with Crippen LogP contribution in [0, 0.1) is 5.92 Å². The molecule has 2 rings (SSSR count). The fourth-order valence-electron chi connectivity index (χ4n) is 2.96. The minimum Gasteiger partial charge on any atom is -0.379 e. The molecule has 0 aromatic heterocycles. The molecule has 1 aliphatic rings. The first-order valence-electron chi connectivity index (χ1n) is 7.92. The number of halogens is 1. The summed E-state index contributed by atoms with van der Waals surface area (Å²) in [7, 11) is 1.82. The van der Waals surface area contributed by atoms with Gasteiger partial charge in [-0.1, -0.05) is 25.4 Å². The summed E-state index contributed by atoms with van der Waals surface area (Å²) in [6.45, 7) is 8.40. The van der Waals surface area contributed by atoms with Gasteiger partial charge in [0.1, 0.15) is 0 Å². The van der Waals surface area contributed by atoms with Gasteiger partial charge in [0.15, 0.2) is 0 Å². The van der Waals surface area contributed by atoms with Crippen molar-refractivity contribution in [3.8, 4) is 0 Å². The molecule has 0 aliphatic carbocycles. The van der Waals surface area contributed by atoms with E-state index >= 15 is 0 Å². The van der Waals surface area contributed by atoms with Gasteiger partial charge in [-0.15, -0.1) is 0 Å². The summed E-state index contributed by atoms with van der Waals surface area (Å²) in [5.74, 6) is 0.625. The molecule has 1 N–H and O–H groups in total. The molecule has 4 heteroatoms. The highest BCUT2D eigenvalue weighted by Gasteiger charge is 2.27. The predicted molar refractivity (Wildman–Crippen MR) is 90.2 cm³/mol. The Bertz CT molecular complexity index is 452. The Balaban J connectivity index is 2.14. The molecule has 1 saturated heterocycles. The summed E-state index contributed by atoms with van der Waals surface area (Å²) in [5, 5.41) is 4.28. The second kappa shape index (κ2) is 8.02. The second-order valence-electron chi connectivity index (χ2n) is 5.94. The van der Waals surface area contributed by atoms with Crippen LogP contribution >= 0.6 is 11.6 Å². The number of methoxy groups -OCH3 is 1. The Kier molecular flexibility index (Phi) is 6.34. The highest BCUT2D eigenvalue weighted by molar-refractivity contribution is 6.30. The Labute approximate surface area is 133 Å². The molecule has 1 aliphatic heterocycles. The first-order chi connectivity index (χ1) is 10.2. The van der Waals surface area contributed by atoms with E-state index in [0.717, 1.165) is 37.6 Å². The highest BCUT2D eigenvalue weighted by atomic mass is 35.5. The Morgan fingerprint density at radius 3 is 2.95 bits per heavy atom. The average Bonchev–Trinajstić information content (AvgIpc) is 2.48. The van der Waals surface area contributed by atoms with Crippen molar-refractivity contribution in [1.29, 1.82) is 0 Å². The average molecular weight is 311 g/mol. The van der Waals surface area contributed by atoms with Crippen molar-refractivity contribution in [3.63, 3.8) is 0 Å². The van der Waals surface area contributed by atoms with Crippen LogP contribution in [0.25, 0.3) is 0 Å². The molecule has 21 heavy (non-hydrogen) atoms. The molecule has 0 saturated carbocycles. The van der Waals surface area contributed by atoms with Gasteiger partial charge in [0.25, 0.3) is 0 Å². The molecular formula is C17H27ClN2O. The van der Waals surface area contributed by atoms with Crippen LogP contribution < -0.4 is 10.2 Å². The predicted octanol–water partition coefficient (Wildman–Crippen LogP) is 3.70. The first-order valence-corrected chi connectivity index (χ1v) is 8.30. The van der Waals surface area contributed by atoms with Gasteiger partial charge < -0.3 is 15.0 Å². The van der Waals surface area contributed by atoms with Crippen molar-refractivity contribution in [3.05, 3.63) is 28.8 Å². The van der Waals surface area contributed by atoms with Gasteiger partial charge in [0.05, 0.1) is 6.10 Å². The molecular weight excluding hydrogens is 284 g/mol. The van der Waals surface area contributed by atoms with Crippen LogP contribution in [0.5, 0.6) is 0 Å². The molecule has 1 aromatic carbocycles. The van der Waals surface area contributed by atoms with Crippen molar-refractivity contribution in [2.45, 2.75) is 39.3 Å². The number of rotatable bonds is 6. The number of piperidine rings is 1. The standard InChI is InChI=1S/C17H27ClN2O/c1-4-8-19-11-14-10-15(18)5-6-16(14)20-9-7-13(2)17(12-20)21-3/h5-6,10,13,17,19H,4,7-9,11-12H2,1-3H3. The lowest BCUT2D eigenvalue weighted by atomic mass is 9.95. The molecule has 0 amide bonds. The Morgan fingerprint density at radius 2 is 2.24 bits per heavy atom. The van der Waals surface area contributed by atoms with E-state index in [0.29, 0.717) is 12.0 Å². The van der Waals surface area contributed by atoms with E-state index in [2.05, 4.69) is 36.2 Å². The Hall–Kier alpha value is -0.770. The zero-order valence-corrected chi connectivity index (χ0v) is 14.1. The zero-order chi connectivity index (χ0) is 15.2. The molecule has 3 nitrogen and oxygen atoms in total. The van der Waals surface area contributed by atoms with Gasteiger partial charge in [0, 0.05) is 37.5 Å². The molecule has 2 atom stereocenters. The lowest BCUT2D eigenvalue weighted by Crippen LogP contribution is -2.44. The summed E-state index contributed by atoms with van der Waals surface area (Å²) in [4.78, 5) is 2.44. The van der Waals surface area contributed by atoms with Crippen LogP contribution in [0.4, 0.5) is 5.69 Å². The van der Waals surface area contributed by atoms with Crippen LogP contribution in [-0.4, -0.2) is 32.8 Å². The van der Waals surface area contributed by atoms with Crippen molar-refractivity contribution in [2.24, 2.45) is 5.92 Å². The van der Waals surface area contributed by atoms with Crippen molar-refractivity contribution >= 4 is 17.3 Å². The van der Waals surface area contributed by atoms with E-state index < -0.39 is 0 Å². The number of hydrogen-bond acceptors (Lipinski definition) is 3. The molecule has 0 bridgehead atoms. The minimum atomic E-state index is 0.311. The number of hydrogen-bond donors (Lipinski definition) is 1. The topological polar surface area (TPSA) is 24.5 Å². The largest absolute Gasteiger partial charge is 0.379 e. The normalized spacial score (nSPS) is 22.6. The van der Waals surface area contributed by atoms with Crippen LogP contribution in [0.3, 0.4) is 0 Å². The SMILES string of the molecule is CCCNCc1cc(Cl)ccc1N1CCC(C)C(OC)C1. The minimum absolute atomic E-state index is 0.311. The summed E-state index contributed by atoms with van der Waals surface area (Å²) < 4.78 is 5.63. The smallest absolute Gasteiger partial charge is 0.0772 e. The quantitative estimate of drug-likeness (QED) is 0.811. The summed E-state index contributed by atoms with van der Waals surface area (Å²) in [6.07, 6.45) is 2.62. The maximum Gasteiger partial charge on any atom is 0.0772 e. The highest BCUT2D eigenvalue weighted by Crippen LogP contribution is 2.29. The van der Waals surface area contributed by atoms with Gasteiger partial charge in [-0.25, -0.2) is 0 Å². The van der Waals surface area contributed by atoms with Crippen molar-refractivity contribution in [1.82, 2.24) is 5.32 Å². The number of benzene rings is 1. The van der Waals surface area contributed by atoms with Crippen LogP contribution in [0.1, 0.15) is 32.3 Å². The van der Waals surface area contributed by atoms with Crippen LogP contribution in [0.2, 0.25) is 5.02 Å². The fraction of sp³-hybridized carbons (Fsp3) is 0.647. The first kappa shape index (κ1) is 16.6. The third kappa shape index (κ3) is 4.35.